The van der Waals surface area contributed by atoms with Crippen molar-refractivity contribution in [3.63, 3.8) is 0 Å². The van der Waals surface area contributed by atoms with E-state index < -0.39 is 10.0 Å². The van der Waals surface area contributed by atoms with Crippen molar-refractivity contribution < 1.29 is 8.42 Å². The van der Waals surface area contributed by atoms with Crippen LogP contribution in [0.5, 0.6) is 0 Å². The number of hydrogen-bond donors (Lipinski definition) is 1. The van der Waals surface area contributed by atoms with Gasteiger partial charge in [0.15, 0.2) is 0 Å². The number of hydrogen-bond acceptors (Lipinski definition) is 2. The van der Waals surface area contributed by atoms with Gasteiger partial charge in [-0.05, 0) is 42.9 Å². The maximum absolute atomic E-state index is 12.5. The Morgan fingerprint density at radius 2 is 1.86 bits per heavy atom. The molecule has 3 nitrogen and oxygen atoms in total. The largest absolute Gasteiger partial charge is 0.240 e. The average molecular weight is 330 g/mol. The maximum Gasteiger partial charge on any atom is 0.240 e. The highest BCUT2D eigenvalue weighted by molar-refractivity contribution is 7.89. The third-order valence-electron chi connectivity index (χ3n) is 4.36. The van der Waals surface area contributed by atoms with E-state index in [1.807, 2.05) is 12.1 Å². The van der Waals surface area contributed by atoms with Gasteiger partial charge in [0.2, 0.25) is 10.0 Å². The van der Waals surface area contributed by atoms with E-state index in [2.05, 4.69) is 11.6 Å². The fraction of sp³-hybridized carbons (Fsp3) is 0.625. The second-order valence-electron chi connectivity index (χ2n) is 5.76. The molecule has 0 heterocycles. The number of sulfonamides is 1. The van der Waals surface area contributed by atoms with Crippen LogP contribution in [0.15, 0.2) is 29.2 Å². The summed E-state index contributed by atoms with van der Waals surface area (Å²) in [5, 5.41) is 0. The van der Waals surface area contributed by atoms with Crippen molar-refractivity contribution in [3.8, 4) is 0 Å². The van der Waals surface area contributed by atoms with Gasteiger partial charge >= 0.3 is 0 Å². The molecule has 21 heavy (non-hydrogen) atoms. The van der Waals surface area contributed by atoms with Gasteiger partial charge in [-0.25, -0.2) is 13.1 Å². The Balaban J connectivity index is 2.10. The second kappa shape index (κ2) is 7.61. The van der Waals surface area contributed by atoms with Crippen LogP contribution in [0, 0.1) is 5.92 Å². The third kappa shape index (κ3) is 4.44. The standard InChI is InChI=1S/C16H24ClNO2S/c1-2-14-5-3-4-6-16(14)18-21(19,20)15-9-7-13(8-10-15)11-12-17/h7-10,14,16,18H,2-6,11-12H2,1H3. The Morgan fingerprint density at radius 3 is 2.48 bits per heavy atom. The van der Waals surface area contributed by atoms with Gasteiger partial charge in [-0.2, -0.15) is 0 Å². The summed E-state index contributed by atoms with van der Waals surface area (Å²) in [4.78, 5) is 0.348. The van der Waals surface area contributed by atoms with Crippen LogP contribution in [0.4, 0.5) is 0 Å². The summed E-state index contributed by atoms with van der Waals surface area (Å²) >= 11 is 5.70. The molecule has 0 bridgehead atoms. The van der Waals surface area contributed by atoms with Crippen LogP contribution in [-0.4, -0.2) is 20.3 Å². The van der Waals surface area contributed by atoms with Crippen molar-refractivity contribution in [1.82, 2.24) is 4.72 Å². The highest BCUT2D eigenvalue weighted by Crippen LogP contribution is 2.28. The topological polar surface area (TPSA) is 46.2 Å². The molecule has 0 aliphatic heterocycles. The fourth-order valence-electron chi connectivity index (χ4n) is 3.06. The number of aryl methyl sites for hydroxylation is 1. The lowest BCUT2D eigenvalue weighted by Crippen LogP contribution is -2.41. The first-order valence-electron chi connectivity index (χ1n) is 7.74. The highest BCUT2D eigenvalue weighted by atomic mass is 35.5. The van der Waals surface area contributed by atoms with Crippen LogP contribution in [0.25, 0.3) is 0 Å². The van der Waals surface area contributed by atoms with E-state index in [4.69, 9.17) is 11.6 Å². The van der Waals surface area contributed by atoms with Crippen molar-refractivity contribution in [1.29, 1.82) is 0 Å². The summed E-state index contributed by atoms with van der Waals surface area (Å²) in [5.74, 6) is 1.01. The van der Waals surface area contributed by atoms with Crippen molar-refractivity contribution in [2.45, 2.75) is 56.4 Å². The number of nitrogens with one attached hydrogen (secondary N) is 1. The minimum Gasteiger partial charge on any atom is -0.208 e. The Morgan fingerprint density at radius 1 is 1.19 bits per heavy atom. The predicted molar refractivity (Wildman–Crippen MR) is 87.2 cm³/mol. The van der Waals surface area contributed by atoms with Crippen molar-refractivity contribution in [2.24, 2.45) is 5.92 Å². The normalized spacial score (nSPS) is 23.1. The number of halogens is 1. The fourth-order valence-corrected chi connectivity index (χ4v) is 4.62. The second-order valence-corrected chi connectivity index (χ2v) is 7.86. The summed E-state index contributed by atoms with van der Waals surface area (Å²) in [5.41, 5.74) is 1.06. The lowest BCUT2D eigenvalue weighted by atomic mass is 9.83. The van der Waals surface area contributed by atoms with Gasteiger partial charge in [-0.15, -0.1) is 11.6 Å². The molecule has 5 heteroatoms. The number of benzene rings is 1. The zero-order valence-electron chi connectivity index (χ0n) is 12.5. The molecule has 1 aromatic rings. The summed E-state index contributed by atoms with van der Waals surface area (Å²) in [6.45, 7) is 2.14. The van der Waals surface area contributed by atoms with Crippen LogP contribution < -0.4 is 4.72 Å². The van der Waals surface area contributed by atoms with Crippen LogP contribution in [0.2, 0.25) is 0 Å². The molecule has 1 aliphatic carbocycles. The van der Waals surface area contributed by atoms with Gasteiger partial charge in [0, 0.05) is 11.9 Å². The lowest BCUT2D eigenvalue weighted by Gasteiger charge is -2.31. The van der Waals surface area contributed by atoms with Crippen LogP contribution in [0.1, 0.15) is 44.6 Å². The Labute approximate surface area is 133 Å². The molecule has 1 fully saturated rings. The minimum atomic E-state index is -3.42. The molecule has 1 N–H and O–H groups in total. The summed E-state index contributed by atoms with van der Waals surface area (Å²) in [6, 6.07) is 7.11. The predicted octanol–water partition coefficient (Wildman–Crippen LogP) is 3.72. The maximum atomic E-state index is 12.5. The molecule has 0 amide bonds. The van der Waals surface area contributed by atoms with Gasteiger partial charge < -0.3 is 0 Å². The monoisotopic (exact) mass is 329 g/mol. The van der Waals surface area contributed by atoms with Crippen molar-refractivity contribution in [3.05, 3.63) is 29.8 Å². The molecule has 0 saturated heterocycles. The Bertz CT molecular complexity index is 542. The molecule has 0 spiro atoms. The van der Waals surface area contributed by atoms with Crippen molar-refractivity contribution in [2.75, 3.05) is 5.88 Å². The Hall–Kier alpha value is -0.580. The molecule has 118 valence electrons. The molecule has 0 aromatic heterocycles. The van der Waals surface area contributed by atoms with E-state index in [0.717, 1.165) is 37.7 Å². The summed E-state index contributed by atoms with van der Waals surface area (Å²) in [6.07, 6.45) is 6.18. The molecule has 1 aromatic carbocycles. The first-order valence-corrected chi connectivity index (χ1v) is 9.76. The molecule has 2 atom stereocenters. The summed E-state index contributed by atoms with van der Waals surface area (Å²) < 4.78 is 27.9. The molecular formula is C16H24ClNO2S. The van der Waals surface area contributed by atoms with E-state index in [1.165, 1.54) is 6.42 Å². The van der Waals surface area contributed by atoms with Gasteiger partial charge in [0.05, 0.1) is 4.90 Å². The van der Waals surface area contributed by atoms with Gasteiger partial charge in [0.1, 0.15) is 0 Å². The van der Waals surface area contributed by atoms with Crippen LogP contribution in [0.3, 0.4) is 0 Å². The Kier molecular flexibility index (Phi) is 6.08. The third-order valence-corrected chi connectivity index (χ3v) is 6.05. The van der Waals surface area contributed by atoms with E-state index in [0.29, 0.717) is 16.7 Å². The number of alkyl halides is 1. The highest BCUT2D eigenvalue weighted by Gasteiger charge is 2.28. The molecule has 1 aliphatic rings. The molecule has 2 rings (SSSR count). The van der Waals surface area contributed by atoms with E-state index >= 15 is 0 Å². The van der Waals surface area contributed by atoms with E-state index in [1.54, 1.807) is 12.1 Å². The van der Waals surface area contributed by atoms with Gasteiger partial charge in [-0.1, -0.05) is 38.3 Å². The molecule has 2 unspecified atom stereocenters. The van der Waals surface area contributed by atoms with Gasteiger partial charge in [-0.3, -0.25) is 0 Å². The first-order chi connectivity index (χ1) is 10.1. The molecule has 0 radical (unpaired) electrons. The zero-order valence-corrected chi connectivity index (χ0v) is 14.1. The SMILES string of the molecule is CCC1CCCCC1NS(=O)(=O)c1ccc(CCCl)cc1. The minimum absolute atomic E-state index is 0.0799. The quantitative estimate of drug-likeness (QED) is 0.808. The molecule has 1 saturated carbocycles. The average Bonchev–Trinajstić information content (AvgIpc) is 2.48. The lowest BCUT2D eigenvalue weighted by molar-refractivity contribution is 0.282. The summed E-state index contributed by atoms with van der Waals surface area (Å²) in [7, 11) is -3.42. The van der Waals surface area contributed by atoms with Crippen LogP contribution in [-0.2, 0) is 16.4 Å². The van der Waals surface area contributed by atoms with Crippen LogP contribution >= 0.6 is 11.6 Å². The van der Waals surface area contributed by atoms with Crippen molar-refractivity contribution >= 4 is 21.6 Å². The number of rotatable bonds is 6. The van der Waals surface area contributed by atoms with E-state index in [-0.39, 0.29) is 6.04 Å². The smallest absolute Gasteiger partial charge is 0.208 e. The van der Waals surface area contributed by atoms with Gasteiger partial charge in [0.25, 0.3) is 0 Å². The first kappa shape index (κ1) is 16.8. The zero-order chi connectivity index (χ0) is 15.3. The van der Waals surface area contributed by atoms with E-state index in [9.17, 15) is 8.42 Å². The molecular weight excluding hydrogens is 306 g/mol.